The molecule has 0 spiro atoms. The summed E-state index contributed by atoms with van der Waals surface area (Å²) >= 11 is 0. The van der Waals surface area contributed by atoms with E-state index in [0.717, 1.165) is 42.0 Å². The van der Waals surface area contributed by atoms with Crippen LogP contribution in [0.4, 0.5) is 5.69 Å². The van der Waals surface area contributed by atoms with Gasteiger partial charge in [-0.05, 0) is 49.9 Å². The van der Waals surface area contributed by atoms with Gasteiger partial charge in [-0.1, -0.05) is 0 Å². The Morgan fingerprint density at radius 3 is 2.63 bits per heavy atom. The molecule has 2 fully saturated rings. The first-order valence-corrected chi connectivity index (χ1v) is 10.5. The molecule has 156 valence electrons. The van der Waals surface area contributed by atoms with Crippen LogP contribution in [0.15, 0.2) is 30.6 Å². The van der Waals surface area contributed by atoms with E-state index in [4.69, 9.17) is 4.74 Å². The maximum absolute atomic E-state index is 12.8. The molecule has 0 N–H and O–H groups in total. The second kappa shape index (κ2) is 7.59. The van der Waals surface area contributed by atoms with Gasteiger partial charge in [0.1, 0.15) is 12.0 Å². The predicted molar refractivity (Wildman–Crippen MR) is 114 cm³/mol. The third kappa shape index (κ3) is 3.69. The van der Waals surface area contributed by atoms with Crippen LogP contribution < -0.4 is 9.64 Å². The molecule has 0 atom stereocenters. The number of aromatic nitrogens is 4. The molecule has 2 aromatic heterocycles. The molecule has 1 aliphatic carbocycles. The molecule has 0 bridgehead atoms. The number of piperazine rings is 1. The SMILES string of the molecule is Cc1cc(C(=O)N2CCN(c3ccc4ncnc(OCC5CC5)c4c3)CC2)n(C)n1. The van der Waals surface area contributed by atoms with E-state index < -0.39 is 0 Å². The second-order valence-electron chi connectivity index (χ2n) is 8.21. The van der Waals surface area contributed by atoms with Crippen molar-refractivity contribution in [1.29, 1.82) is 0 Å². The van der Waals surface area contributed by atoms with Crippen LogP contribution in [0, 0.1) is 12.8 Å². The van der Waals surface area contributed by atoms with E-state index in [9.17, 15) is 4.79 Å². The fourth-order valence-corrected chi connectivity index (χ4v) is 3.95. The molecule has 30 heavy (non-hydrogen) atoms. The molecule has 5 rings (SSSR count). The summed E-state index contributed by atoms with van der Waals surface area (Å²) in [4.78, 5) is 25.8. The minimum absolute atomic E-state index is 0.0421. The number of benzene rings is 1. The molecular formula is C22H26N6O2. The normalized spacial score (nSPS) is 16.9. The lowest BCUT2D eigenvalue weighted by Gasteiger charge is -2.36. The molecular weight excluding hydrogens is 380 g/mol. The number of carbonyl (C=O) groups excluding carboxylic acids is 1. The molecule has 3 heterocycles. The number of carbonyl (C=O) groups is 1. The van der Waals surface area contributed by atoms with Gasteiger partial charge < -0.3 is 14.5 Å². The molecule has 8 nitrogen and oxygen atoms in total. The van der Waals surface area contributed by atoms with Gasteiger partial charge in [-0.3, -0.25) is 9.48 Å². The van der Waals surface area contributed by atoms with Crippen LogP contribution in [-0.2, 0) is 7.05 Å². The molecule has 1 saturated heterocycles. The van der Waals surface area contributed by atoms with E-state index in [2.05, 4.69) is 32.1 Å². The van der Waals surface area contributed by atoms with Gasteiger partial charge in [-0.15, -0.1) is 0 Å². The Labute approximate surface area is 175 Å². The lowest BCUT2D eigenvalue weighted by atomic mass is 10.1. The first-order chi connectivity index (χ1) is 14.6. The number of ether oxygens (including phenoxy) is 1. The molecule has 1 aromatic carbocycles. The topological polar surface area (TPSA) is 76.4 Å². The standard InChI is InChI=1S/C22H26N6O2/c1-15-11-20(26(2)25-15)22(29)28-9-7-27(8-10-28)17-5-6-19-18(12-17)21(24-14-23-19)30-13-16-3-4-16/h5-6,11-12,14,16H,3-4,7-10,13H2,1-2H3. The second-order valence-corrected chi connectivity index (χ2v) is 8.21. The summed E-state index contributed by atoms with van der Waals surface area (Å²) in [5, 5.41) is 5.24. The van der Waals surface area contributed by atoms with Crippen LogP contribution in [0.2, 0.25) is 0 Å². The Bertz CT molecular complexity index is 1080. The number of rotatable bonds is 5. The maximum Gasteiger partial charge on any atom is 0.272 e. The minimum Gasteiger partial charge on any atom is -0.477 e. The lowest BCUT2D eigenvalue weighted by molar-refractivity contribution is 0.0735. The Balaban J connectivity index is 1.30. The monoisotopic (exact) mass is 406 g/mol. The third-order valence-corrected chi connectivity index (χ3v) is 5.89. The van der Waals surface area contributed by atoms with E-state index in [1.807, 2.05) is 31.0 Å². The largest absolute Gasteiger partial charge is 0.477 e. The van der Waals surface area contributed by atoms with Crippen molar-refractivity contribution in [1.82, 2.24) is 24.6 Å². The van der Waals surface area contributed by atoms with Crippen molar-refractivity contribution >= 4 is 22.5 Å². The fraction of sp³-hybridized carbons (Fsp3) is 0.455. The van der Waals surface area contributed by atoms with E-state index in [-0.39, 0.29) is 5.91 Å². The zero-order valence-electron chi connectivity index (χ0n) is 17.4. The van der Waals surface area contributed by atoms with Crippen molar-refractivity contribution in [3.63, 3.8) is 0 Å². The van der Waals surface area contributed by atoms with Gasteiger partial charge in [0.2, 0.25) is 5.88 Å². The van der Waals surface area contributed by atoms with Crippen molar-refractivity contribution in [3.8, 4) is 5.88 Å². The number of amides is 1. The molecule has 1 amide bonds. The van der Waals surface area contributed by atoms with Crippen molar-refractivity contribution in [2.75, 3.05) is 37.7 Å². The van der Waals surface area contributed by atoms with Crippen LogP contribution in [-0.4, -0.2) is 63.3 Å². The summed E-state index contributed by atoms with van der Waals surface area (Å²) < 4.78 is 7.63. The summed E-state index contributed by atoms with van der Waals surface area (Å²) in [6, 6.07) is 8.06. The van der Waals surface area contributed by atoms with E-state index in [0.29, 0.717) is 30.6 Å². The summed E-state index contributed by atoms with van der Waals surface area (Å²) in [7, 11) is 1.82. The summed E-state index contributed by atoms with van der Waals surface area (Å²) in [6.07, 6.45) is 4.06. The Hall–Kier alpha value is -3.16. The predicted octanol–water partition coefficient (Wildman–Crippen LogP) is 2.42. The first-order valence-electron chi connectivity index (χ1n) is 10.5. The number of fused-ring (bicyclic) bond motifs is 1. The van der Waals surface area contributed by atoms with Gasteiger partial charge in [0.15, 0.2) is 0 Å². The van der Waals surface area contributed by atoms with Gasteiger partial charge in [-0.2, -0.15) is 5.10 Å². The van der Waals surface area contributed by atoms with Gasteiger partial charge in [0.25, 0.3) is 5.91 Å². The number of hydrogen-bond acceptors (Lipinski definition) is 6. The van der Waals surface area contributed by atoms with E-state index in [1.165, 1.54) is 12.8 Å². The molecule has 2 aliphatic rings. The van der Waals surface area contributed by atoms with Gasteiger partial charge in [0, 0.05) is 38.9 Å². The van der Waals surface area contributed by atoms with Crippen molar-refractivity contribution in [2.24, 2.45) is 13.0 Å². The Kier molecular flexibility index (Phi) is 4.77. The molecule has 1 saturated carbocycles. The van der Waals surface area contributed by atoms with Gasteiger partial charge in [0.05, 0.1) is 23.2 Å². The molecule has 3 aromatic rings. The van der Waals surface area contributed by atoms with Crippen LogP contribution in [0.5, 0.6) is 5.88 Å². The van der Waals surface area contributed by atoms with Crippen molar-refractivity contribution in [2.45, 2.75) is 19.8 Å². The van der Waals surface area contributed by atoms with Crippen LogP contribution in [0.3, 0.4) is 0 Å². The lowest BCUT2D eigenvalue weighted by Crippen LogP contribution is -2.49. The fourth-order valence-electron chi connectivity index (χ4n) is 3.95. The molecule has 1 aliphatic heterocycles. The zero-order valence-corrected chi connectivity index (χ0v) is 17.4. The highest BCUT2D eigenvalue weighted by Crippen LogP contribution is 2.32. The number of anilines is 1. The smallest absolute Gasteiger partial charge is 0.272 e. The average Bonchev–Trinajstić information content (AvgIpc) is 3.53. The zero-order chi connectivity index (χ0) is 20.7. The van der Waals surface area contributed by atoms with Gasteiger partial charge >= 0.3 is 0 Å². The summed E-state index contributed by atoms with van der Waals surface area (Å²) in [6.45, 7) is 5.54. The van der Waals surface area contributed by atoms with E-state index in [1.54, 1.807) is 11.0 Å². The number of aryl methyl sites for hydroxylation is 2. The van der Waals surface area contributed by atoms with Gasteiger partial charge in [-0.25, -0.2) is 9.97 Å². The van der Waals surface area contributed by atoms with Crippen LogP contribution in [0.25, 0.3) is 10.9 Å². The quantitative estimate of drug-likeness (QED) is 0.648. The maximum atomic E-state index is 12.8. The average molecular weight is 406 g/mol. The Morgan fingerprint density at radius 1 is 1.13 bits per heavy atom. The minimum atomic E-state index is 0.0421. The third-order valence-electron chi connectivity index (χ3n) is 5.89. The molecule has 0 radical (unpaired) electrons. The highest BCUT2D eigenvalue weighted by atomic mass is 16.5. The highest BCUT2D eigenvalue weighted by Gasteiger charge is 2.25. The number of nitrogens with zero attached hydrogens (tertiary/aromatic N) is 6. The number of hydrogen-bond donors (Lipinski definition) is 0. The Morgan fingerprint density at radius 2 is 1.93 bits per heavy atom. The highest BCUT2D eigenvalue weighted by molar-refractivity contribution is 5.93. The molecule has 8 heteroatoms. The van der Waals surface area contributed by atoms with Crippen molar-refractivity contribution < 1.29 is 9.53 Å². The van der Waals surface area contributed by atoms with Crippen molar-refractivity contribution in [3.05, 3.63) is 42.0 Å². The van der Waals surface area contributed by atoms with Crippen LogP contribution >= 0.6 is 0 Å². The summed E-state index contributed by atoms with van der Waals surface area (Å²) in [5.41, 5.74) is 3.50. The summed E-state index contributed by atoms with van der Waals surface area (Å²) in [5.74, 6) is 1.38. The van der Waals surface area contributed by atoms with E-state index >= 15 is 0 Å². The first kappa shape index (κ1) is 18.8. The molecule has 0 unspecified atom stereocenters. The van der Waals surface area contributed by atoms with Crippen LogP contribution in [0.1, 0.15) is 29.0 Å².